The maximum atomic E-state index is 13.1. The normalized spacial score (nSPS) is 20.8. The number of rotatable bonds is 3. The van der Waals surface area contributed by atoms with Gasteiger partial charge in [0, 0.05) is 31.6 Å². The first-order valence-corrected chi connectivity index (χ1v) is 9.85. The van der Waals surface area contributed by atoms with Gasteiger partial charge in [-0.3, -0.25) is 9.69 Å². The Morgan fingerprint density at radius 3 is 2.67 bits per heavy atom. The van der Waals surface area contributed by atoms with Gasteiger partial charge in [0.25, 0.3) is 0 Å². The average Bonchev–Trinajstić information content (AvgIpc) is 2.99. The van der Waals surface area contributed by atoms with E-state index in [0.29, 0.717) is 0 Å². The van der Waals surface area contributed by atoms with Gasteiger partial charge in [-0.05, 0) is 50.7 Å². The quantitative estimate of drug-likeness (QED) is 0.835. The van der Waals surface area contributed by atoms with Crippen LogP contribution in [0.5, 0.6) is 5.75 Å². The van der Waals surface area contributed by atoms with E-state index in [2.05, 4.69) is 33.6 Å². The summed E-state index contributed by atoms with van der Waals surface area (Å²) in [6, 6.07) is 8.12. The molecule has 4 rings (SSSR count). The fraction of sp³-hybridized carbons (Fsp3) is 0.524. The van der Waals surface area contributed by atoms with Crippen LogP contribution in [0.4, 0.5) is 0 Å². The number of likely N-dealkylation sites (N-methyl/N-ethyl adjacent to an activating group) is 1. The highest BCUT2D eigenvalue weighted by Gasteiger charge is 2.31. The molecule has 144 valence electrons. The summed E-state index contributed by atoms with van der Waals surface area (Å²) in [6.07, 6.45) is 6.08. The smallest absolute Gasteiger partial charge is 0.239 e. The predicted molar refractivity (Wildman–Crippen MR) is 105 cm³/mol. The minimum absolute atomic E-state index is 0.0465. The Bertz CT molecular complexity index is 799. The van der Waals surface area contributed by atoms with Crippen LogP contribution in [0.15, 0.2) is 30.5 Å². The number of imidazole rings is 1. The topological polar surface area (TPSA) is 50.6 Å². The molecule has 6 heteroatoms. The van der Waals surface area contributed by atoms with Crippen LogP contribution in [-0.2, 0) is 17.8 Å². The molecule has 1 unspecified atom stereocenters. The molecule has 1 amide bonds. The number of hydrogen-bond donors (Lipinski definition) is 0. The molecule has 2 aliphatic rings. The van der Waals surface area contributed by atoms with Crippen molar-refractivity contribution < 1.29 is 9.53 Å². The number of carbonyl (C=O) groups is 1. The Hall–Kier alpha value is -2.34. The Morgan fingerprint density at radius 1 is 1.11 bits per heavy atom. The predicted octanol–water partition coefficient (Wildman–Crippen LogP) is 2.43. The van der Waals surface area contributed by atoms with Gasteiger partial charge in [-0.1, -0.05) is 6.42 Å². The molecule has 27 heavy (non-hydrogen) atoms. The maximum absolute atomic E-state index is 13.1. The summed E-state index contributed by atoms with van der Waals surface area (Å²) in [5, 5.41) is 0. The standard InChI is InChI=1S/C21H28N4O2/c1-23-11-4-3-5-18(23)21(26)24-12-10-20-22-15-19(25(20)14-13-24)16-6-8-17(27-2)9-7-16/h6-9,15,18H,3-5,10-14H2,1-2H3. The lowest BCUT2D eigenvalue weighted by atomic mass is 10.0. The summed E-state index contributed by atoms with van der Waals surface area (Å²) in [6.45, 7) is 3.31. The van der Waals surface area contributed by atoms with Crippen molar-refractivity contribution in [3.63, 3.8) is 0 Å². The molecular formula is C21H28N4O2. The lowest BCUT2D eigenvalue weighted by Gasteiger charge is -2.35. The van der Waals surface area contributed by atoms with Gasteiger partial charge in [0.05, 0.1) is 25.0 Å². The summed E-state index contributed by atoms with van der Waals surface area (Å²) >= 11 is 0. The van der Waals surface area contributed by atoms with Crippen molar-refractivity contribution in [3.05, 3.63) is 36.3 Å². The molecule has 2 aliphatic heterocycles. The van der Waals surface area contributed by atoms with Crippen LogP contribution in [0.1, 0.15) is 25.1 Å². The van der Waals surface area contributed by atoms with Crippen LogP contribution in [0.25, 0.3) is 11.3 Å². The molecule has 0 saturated carbocycles. The van der Waals surface area contributed by atoms with Gasteiger partial charge in [0.2, 0.25) is 5.91 Å². The fourth-order valence-electron chi connectivity index (χ4n) is 4.24. The van der Waals surface area contributed by atoms with Crippen LogP contribution >= 0.6 is 0 Å². The van der Waals surface area contributed by atoms with Gasteiger partial charge >= 0.3 is 0 Å². The van der Waals surface area contributed by atoms with Crippen molar-refractivity contribution in [1.82, 2.24) is 19.4 Å². The first-order valence-electron chi connectivity index (χ1n) is 9.85. The molecule has 2 aromatic rings. The number of hydrogen-bond acceptors (Lipinski definition) is 4. The molecule has 6 nitrogen and oxygen atoms in total. The highest BCUT2D eigenvalue weighted by atomic mass is 16.5. The zero-order valence-corrected chi connectivity index (χ0v) is 16.2. The first-order chi connectivity index (χ1) is 13.2. The van der Waals surface area contributed by atoms with Crippen molar-refractivity contribution in [3.8, 4) is 17.0 Å². The van der Waals surface area contributed by atoms with E-state index in [9.17, 15) is 4.79 Å². The SMILES string of the molecule is COc1ccc(-c2cnc3n2CCN(C(=O)C2CCCCN2C)CC3)cc1. The second kappa shape index (κ2) is 7.72. The molecule has 1 aromatic carbocycles. The van der Waals surface area contributed by atoms with E-state index >= 15 is 0 Å². The Labute approximate surface area is 160 Å². The maximum Gasteiger partial charge on any atom is 0.239 e. The molecule has 1 atom stereocenters. The number of benzene rings is 1. The van der Waals surface area contributed by atoms with Gasteiger partial charge in [-0.25, -0.2) is 4.98 Å². The van der Waals surface area contributed by atoms with Crippen LogP contribution in [0.2, 0.25) is 0 Å². The second-order valence-corrected chi connectivity index (χ2v) is 7.51. The average molecular weight is 368 g/mol. The van der Waals surface area contributed by atoms with Crippen molar-refractivity contribution in [2.75, 3.05) is 33.8 Å². The van der Waals surface area contributed by atoms with Crippen LogP contribution < -0.4 is 4.74 Å². The molecule has 0 N–H and O–H groups in total. The van der Waals surface area contributed by atoms with E-state index in [4.69, 9.17) is 4.74 Å². The summed E-state index contributed by atoms with van der Waals surface area (Å²) < 4.78 is 7.52. The molecule has 1 saturated heterocycles. The molecule has 0 bridgehead atoms. The monoisotopic (exact) mass is 368 g/mol. The lowest BCUT2D eigenvalue weighted by Crippen LogP contribution is -2.50. The van der Waals surface area contributed by atoms with Crippen LogP contribution in [0.3, 0.4) is 0 Å². The van der Waals surface area contributed by atoms with Crippen molar-refractivity contribution in [1.29, 1.82) is 0 Å². The largest absolute Gasteiger partial charge is 0.497 e. The van der Waals surface area contributed by atoms with Crippen LogP contribution in [0, 0.1) is 0 Å². The minimum Gasteiger partial charge on any atom is -0.497 e. The second-order valence-electron chi connectivity index (χ2n) is 7.51. The number of fused-ring (bicyclic) bond motifs is 1. The van der Waals surface area contributed by atoms with E-state index in [1.165, 1.54) is 6.42 Å². The summed E-state index contributed by atoms with van der Waals surface area (Å²) in [4.78, 5) is 22.0. The molecule has 1 fully saturated rings. The number of likely N-dealkylation sites (tertiary alicyclic amines) is 1. The molecule has 0 aliphatic carbocycles. The van der Waals surface area contributed by atoms with Crippen molar-refractivity contribution >= 4 is 5.91 Å². The Kier molecular flexibility index (Phi) is 5.16. The first kappa shape index (κ1) is 18.0. The lowest BCUT2D eigenvalue weighted by molar-refractivity contribution is -0.137. The fourth-order valence-corrected chi connectivity index (χ4v) is 4.24. The van der Waals surface area contributed by atoms with E-state index in [0.717, 1.165) is 68.3 Å². The zero-order chi connectivity index (χ0) is 18.8. The molecular weight excluding hydrogens is 340 g/mol. The number of piperidine rings is 1. The van der Waals surface area contributed by atoms with Crippen molar-refractivity contribution in [2.45, 2.75) is 38.3 Å². The Morgan fingerprint density at radius 2 is 1.93 bits per heavy atom. The van der Waals surface area contributed by atoms with E-state index in [1.807, 2.05) is 23.2 Å². The number of methoxy groups -OCH3 is 1. The number of nitrogens with zero attached hydrogens (tertiary/aromatic N) is 4. The molecule has 3 heterocycles. The number of amides is 1. The number of carbonyl (C=O) groups excluding carboxylic acids is 1. The molecule has 0 radical (unpaired) electrons. The summed E-state index contributed by atoms with van der Waals surface area (Å²) in [5.74, 6) is 2.20. The highest BCUT2D eigenvalue weighted by Crippen LogP contribution is 2.25. The summed E-state index contributed by atoms with van der Waals surface area (Å²) in [5.41, 5.74) is 2.23. The van der Waals surface area contributed by atoms with Gasteiger partial charge in [0.1, 0.15) is 11.6 Å². The third-order valence-electron chi connectivity index (χ3n) is 5.89. The third kappa shape index (κ3) is 3.58. The van der Waals surface area contributed by atoms with E-state index < -0.39 is 0 Å². The molecule has 1 aromatic heterocycles. The van der Waals surface area contributed by atoms with E-state index in [-0.39, 0.29) is 11.9 Å². The van der Waals surface area contributed by atoms with Crippen LogP contribution in [-0.4, -0.2) is 65.1 Å². The summed E-state index contributed by atoms with van der Waals surface area (Å²) in [7, 11) is 3.75. The Balaban J connectivity index is 1.50. The van der Waals surface area contributed by atoms with Gasteiger partial charge < -0.3 is 14.2 Å². The van der Waals surface area contributed by atoms with Gasteiger partial charge in [-0.2, -0.15) is 0 Å². The third-order valence-corrected chi connectivity index (χ3v) is 5.89. The van der Waals surface area contributed by atoms with E-state index in [1.54, 1.807) is 7.11 Å². The number of aromatic nitrogens is 2. The zero-order valence-electron chi connectivity index (χ0n) is 16.2. The minimum atomic E-state index is 0.0465. The van der Waals surface area contributed by atoms with Crippen molar-refractivity contribution in [2.24, 2.45) is 0 Å². The van der Waals surface area contributed by atoms with Gasteiger partial charge in [-0.15, -0.1) is 0 Å². The van der Waals surface area contributed by atoms with Gasteiger partial charge in [0.15, 0.2) is 0 Å². The molecule has 0 spiro atoms. The highest BCUT2D eigenvalue weighted by molar-refractivity contribution is 5.82. The number of ether oxygens (including phenoxy) is 1.